The number of aromatic nitrogens is 3. The predicted molar refractivity (Wildman–Crippen MR) is 122 cm³/mol. The quantitative estimate of drug-likeness (QED) is 0.365. The third-order valence-corrected chi connectivity index (χ3v) is 5.74. The SMILES string of the molecule is Cc1cc(C)cc(NC(=O)CSc2nnc(Cc3cccc4ccccc34)n2N)c1. The molecule has 1 aromatic heterocycles. The van der Waals surface area contributed by atoms with Crippen molar-refractivity contribution in [3.05, 3.63) is 83.2 Å². The van der Waals surface area contributed by atoms with E-state index in [1.165, 1.54) is 27.2 Å². The second-order valence-electron chi connectivity index (χ2n) is 7.30. The van der Waals surface area contributed by atoms with Gasteiger partial charge in [0, 0.05) is 12.1 Å². The number of anilines is 1. The van der Waals surface area contributed by atoms with Crippen molar-refractivity contribution in [3.63, 3.8) is 0 Å². The molecule has 0 unspecified atom stereocenters. The van der Waals surface area contributed by atoms with Crippen LogP contribution in [0.3, 0.4) is 0 Å². The van der Waals surface area contributed by atoms with Crippen LogP contribution in [0.5, 0.6) is 0 Å². The Morgan fingerprint density at radius 3 is 2.57 bits per heavy atom. The van der Waals surface area contributed by atoms with Crippen LogP contribution in [0, 0.1) is 13.8 Å². The van der Waals surface area contributed by atoms with Gasteiger partial charge in [0.05, 0.1) is 5.75 Å². The van der Waals surface area contributed by atoms with Crippen LogP contribution in [0.25, 0.3) is 10.8 Å². The first-order chi connectivity index (χ1) is 14.5. The highest BCUT2D eigenvalue weighted by atomic mass is 32.2. The summed E-state index contributed by atoms with van der Waals surface area (Å²) in [5, 5.41) is 14.2. The number of amides is 1. The minimum absolute atomic E-state index is 0.108. The van der Waals surface area contributed by atoms with Gasteiger partial charge in [0.15, 0.2) is 5.82 Å². The molecule has 0 saturated carbocycles. The van der Waals surface area contributed by atoms with E-state index in [4.69, 9.17) is 5.84 Å². The molecule has 0 aliphatic carbocycles. The van der Waals surface area contributed by atoms with Crippen molar-refractivity contribution in [3.8, 4) is 0 Å². The highest BCUT2D eigenvalue weighted by Gasteiger charge is 2.14. The summed E-state index contributed by atoms with van der Waals surface area (Å²) >= 11 is 1.27. The van der Waals surface area contributed by atoms with Gasteiger partial charge >= 0.3 is 0 Å². The first kappa shape index (κ1) is 20.0. The third kappa shape index (κ3) is 4.46. The van der Waals surface area contributed by atoms with Gasteiger partial charge in [0.2, 0.25) is 11.1 Å². The first-order valence-corrected chi connectivity index (χ1v) is 10.6. The number of nitrogens with two attached hydrogens (primary N) is 1. The molecule has 0 saturated heterocycles. The summed E-state index contributed by atoms with van der Waals surface area (Å²) in [6, 6.07) is 20.4. The molecule has 0 atom stereocenters. The highest BCUT2D eigenvalue weighted by Crippen LogP contribution is 2.22. The van der Waals surface area contributed by atoms with Crippen molar-refractivity contribution in [2.45, 2.75) is 25.4 Å². The predicted octanol–water partition coefficient (Wildman–Crippen LogP) is 4.08. The van der Waals surface area contributed by atoms with Crippen LogP contribution >= 0.6 is 11.8 Å². The van der Waals surface area contributed by atoms with Gasteiger partial charge in [-0.2, -0.15) is 0 Å². The van der Waals surface area contributed by atoms with E-state index in [0.29, 0.717) is 17.4 Å². The van der Waals surface area contributed by atoms with Crippen molar-refractivity contribution in [1.82, 2.24) is 14.9 Å². The van der Waals surface area contributed by atoms with Gasteiger partial charge in [0.25, 0.3) is 0 Å². The number of nitrogens with zero attached hydrogens (tertiary/aromatic N) is 3. The second-order valence-corrected chi connectivity index (χ2v) is 8.24. The number of carbonyl (C=O) groups excluding carboxylic acids is 1. The van der Waals surface area contributed by atoms with Crippen LogP contribution < -0.4 is 11.2 Å². The largest absolute Gasteiger partial charge is 0.336 e. The molecule has 1 amide bonds. The van der Waals surface area contributed by atoms with E-state index in [1.54, 1.807) is 0 Å². The van der Waals surface area contributed by atoms with Crippen molar-refractivity contribution in [1.29, 1.82) is 0 Å². The summed E-state index contributed by atoms with van der Waals surface area (Å²) in [7, 11) is 0. The van der Waals surface area contributed by atoms with Crippen molar-refractivity contribution >= 4 is 34.1 Å². The molecule has 1 heterocycles. The molecule has 6 nitrogen and oxygen atoms in total. The maximum atomic E-state index is 12.3. The first-order valence-electron chi connectivity index (χ1n) is 9.66. The summed E-state index contributed by atoms with van der Waals surface area (Å²) < 4.78 is 1.47. The van der Waals surface area contributed by atoms with E-state index in [2.05, 4.69) is 45.8 Å². The Labute approximate surface area is 179 Å². The van der Waals surface area contributed by atoms with Gasteiger partial charge < -0.3 is 11.2 Å². The lowest BCUT2D eigenvalue weighted by molar-refractivity contribution is -0.113. The molecular formula is C23H23N5OS. The smallest absolute Gasteiger partial charge is 0.234 e. The molecule has 3 N–H and O–H groups in total. The zero-order valence-corrected chi connectivity index (χ0v) is 17.7. The Bertz CT molecular complexity index is 1190. The average Bonchev–Trinajstić information content (AvgIpc) is 3.05. The molecule has 3 aromatic carbocycles. The monoisotopic (exact) mass is 417 g/mol. The maximum absolute atomic E-state index is 12.3. The Morgan fingerprint density at radius 1 is 1.03 bits per heavy atom. The average molecular weight is 418 g/mol. The molecule has 0 spiro atoms. The minimum Gasteiger partial charge on any atom is -0.336 e. The number of aryl methyl sites for hydroxylation is 2. The molecule has 30 heavy (non-hydrogen) atoms. The Morgan fingerprint density at radius 2 is 1.77 bits per heavy atom. The minimum atomic E-state index is -0.108. The molecule has 152 valence electrons. The van der Waals surface area contributed by atoms with E-state index in [1.807, 2.05) is 44.2 Å². The van der Waals surface area contributed by atoms with Crippen LogP contribution in [0.1, 0.15) is 22.5 Å². The van der Waals surface area contributed by atoms with E-state index in [9.17, 15) is 4.79 Å². The number of carbonyl (C=O) groups is 1. The number of fused-ring (bicyclic) bond motifs is 1. The molecule has 0 radical (unpaired) electrons. The molecule has 0 aliphatic heterocycles. The number of benzene rings is 3. The second kappa shape index (κ2) is 8.59. The molecule has 4 rings (SSSR count). The van der Waals surface area contributed by atoms with Gasteiger partial charge in [-0.1, -0.05) is 60.3 Å². The van der Waals surface area contributed by atoms with Gasteiger partial charge in [-0.05, 0) is 53.4 Å². The Hall–Kier alpha value is -3.32. The summed E-state index contributed by atoms with van der Waals surface area (Å²) in [5.74, 6) is 6.97. The van der Waals surface area contributed by atoms with E-state index in [-0.39, 0.29) is 11.7 Å². The van der Waals surface area contributed by atoms with Crippen molar-refractivity contribution < 1.29 is 4.79 Å². The van der Waals surface area contributed by atoms with Crippen LogP contribution in [-0.2, 0) is 11.2 Å². The van der Waals surface area contributed by atoms with Gasteiger partial charge in [-0.3, -0.25) is 4.79 Å². The van der Waals surface area contributed by atoms with Gasteiger partial charge in [0.1, 0.15) is 0 Å². The molecular weight excluding hydrogens is 394 g/mol. The summed E-state index contributed by atoms with van der Waals surface area (Å²) in [4.78, 5) is 12.3. The van der Waals surface area contributed by atoms with Gasteiger partial charge in [-0.15, -0.1) is 10.2 Å². The highest BCUT2D eigenvalue weighted by molar-refractivity contribution is 7.99. The molecule has 7 heteroatoms. The van der Waals surface area contributed by atoms with Crippen LogP contribution in [-0.4, -0.2) is 26.5 Å². The molecule has 0 bridgehead atoms. The third-order valence-electron chi connectivity index (χ3n) is 4.80. The van der Waals surface area contributed by atoms with E-state index in [0.717, 1.165) is 22.4 Å². The lowest BCUT2D eigenvalue weighted by Crippen LogP contribution is -2.17. The molecule has 0 aliphatic rings. The maximum Gasteiger partial charge on any atom is 0.234 e. The molecule has 0 fully saturated rings. The summed E-state index contributed by atoms with van der Waals surface area (Å²) in [6.45, 7) is 4.01. The fraction of sp³-hybridized carbons (Fsp3) is 0.174. The van der Waals surface area contributed by atoms with E-state index < -0.39 is 0 Å². The number of thioether (sulfide) groups is 1. The Kier molecular flexibility index (Phi) is 5.72. The normalized spacial score (nSPS) is 11.0. The number of hydrogen-bond acceptors (Lipinski definition) is 5. The standard InChI is InChI=1S/C23H23N5OS/c1-15-10-16(2)12-19(11-15)25-22(29)14-30-23-27-26-21(28(23)24)13-18-8-5-7-17-6-3-4-9-20(17)18/h3-12H,13-14,24H2,1-2H3,(H,25,29). The zero-order chi connectivity index (χ0) is 21.1. The summed E-state index contributed by atoms with van der Waals surface area (Å²) in [6.07, 6.45) is 0.570. The number of nitrogens with one attached hydrogen (secondary N) is 1. The molecule has 4 aromatic rings. The lowest BCUT2D eigenvalue weighted by Gasteiger charge is -2.08. The van der Waals surface area contributed by atoms with Crippen LogP contribution in [0.15, 0.2) is 65.8 Å². The van der Waals surface area contributed by atoms with E-state index >= 15 is 0 Å². The number of hydrogen-bond donors (Lipinski definition) is 2. The number of nitrogen functional groups attached to an aromatic ring is 1. The number of rotatable bonds is 6. The van der Waals surface area contributed by atoms with Crippen LogP contribution in [0.2, 0.25) is 0 Å². The van der Waals surface area contributed by atoms with Gasteiger partial charge in [-0.25, -0.2) is 4.68 Å². The fourth-order valence-electron chi connectivity index (χ4n) is 3.52. The van der Waals surface area contributed by atoms with Crippen molar-refractivity contribution in [2.24, 2.45) is 0 Å². The van der Waals surface area contributed by atoms with Crippen LogP contribution in [0.4, 0.5) is 5.69 Å². The topological polar surface area (TPSA) is 85.8 Å². The zero-order valence-electron chi connectivity index (χ0n) is 16.9. The summed E-state index contributed by atoms with van der Waals surface area (Å²) in [5.41, 5.74) is 4.15. The Balaban J connectivity index is 1.42. The van der Waals surface area contributed by atoms with Crippen molar-refractivity contribution in [2.75, 3.05) is 16.9 Å². The lowest BCUT2D eigenvalue weighted by atomic mass is 10.0. The fourth-order valence-corrected chi connectivity index (χ4v) is 4.19.